The minimum absolute atomic E-state index is 0.141. The van der Waals surface area contributed by atoms with Crippen molar-refractivity contribution < 1.29 is 23.8 Å². The number of ketones is 1. The quantitative estimate of drug-likeness (QED) is 0.225. The van der Waals surface area contributed by atoms with Gasteiger partial charge in [0.2, 0.25) is 0 Å². The first-order chi connectivity index (χ1) is 16.5. The lowest BCUT2D eigenvalue weighted by Crippen LogP contribution is -2.31. The second kappa shape index (κ2) is 10.2. The zero-order valence-corrected chi connectivity index (χ0v) is 18.4. The largest absolute Gasteiger partial charge is 0.507 e. The SMILES string of the molecule is C=CCOc1ccc(/C(O)=C2\C(=O)C(=O)N(CCCn3ccnc3)[C@@H]2c2ccccc2F)cc1. The number of imidazole rings is 1. The molecule has 1 atom stereocenters. The van der Waals surface area contributed by atoms with Gasteiger partial charge in [0.1, 0.15) is 23.9 Å². The van der Waals surface area contributed by atoms with Crippen LogP contribution >= 0.6 is 0 Å². The number of hydrogen-bond acceptors (Lipinski definition) is 5. The highest BCUT2D eigenvalue weighted by molar-refractivity contribution is 6.46. The summed E-state index contributed by atoms with van der Waals surface area (Å²) in [7, 11) is 0. The molecule has 34 heavy (non-hydrogen) atoms. The predicted molar refractivity (Wildman–Crippen MR) is 124 cm³/mol. The molecule has 8 heteroatoms. The van der Waals surface area contributed by atoms with E-state index in [0.717, 1.165) is 0 Å². The number of aliphatic hydroxyl groups excluding tert-OH is 1. The maximum absolute atomic E-state index is 14.8. The van der Waals surface area contributed by atoms with E-state index in [0.29, 0.717) is 30.9 Å². The Morgan fingerprint density at radius 1 is 1.15 bits per heavy atom. The Kier molecular flexibility index (Phi) is 6.87. The topological polar surface area (TPSA) is 84.7 Å². The van der Waals surface area contributed by atoms with Gasteiger partial charge in [-0.15, -0.1) is 0 Å². The van der Waals surface area contributed by atoms with Crippen molar-refractivity contribution in [2.24, 2.45) is 0 Å². The average molecular weight is 461 g/mol. The molecule has 1 aliphatic rings. The third-order valence-corrected chi connectivity index (χ3v) is 5.61. The van der Waals surface area contributed by atoms with Crippen LogP contribution in [0.25, 0.3) is 5.76 Å². The number of rotatable bonds is 9. The Morgan fingerprint density at radius 3 is 2.59 bits per heavy atom. The fraction of sp³-hybridized carbons (Fsp3) is 0.192. The molecule has 174 valence electrons. The molecule has 1 aromatic heterocycles. The van der Waals surface area contributed by atoms with Crippen LogP contribution in [0.5, 0.6) is 5.75 Å². The average Bonchev–Trinajstić information content (AvgIpc) is 3.45. The van der Waals surface area contributed by atoms with E-state index in [1.165, 1.54) is 23.1 Å². The van der Waals surface area contributed by atoms with Crippen molar-refractivity contribution in [3.8, 4) is 5.75 Å². The Balaban J connectivity index is 1.70. The van der Waals surface area contributed by atoms with E-state index < -0.39 is 23.5 Å². The number of nitrogens with zero attached hydrogens (tertiary/aromatic N) is 3. The van der Waals surface area contributed by atoms with Crippen molar-refractivity contribution in [1.29, 1.82) is 0 Å². The number of benzene rings is 2. The molecule has 0 spiro atoms. The van der Waals surface area contributed by atoms with E-state index in [-0.39, 0.29) is 23.4 Å². The van der Waals surface area contributed by atoms with Gasteiger partial charge in [0.15, 0.2) is 0 Å². The monoisotopic (exact) mass is 461 g/mol. The minimum atomic E-state index is -1.04. The van der Waals surface area contributed by atoms with E-state index in [4.69, 9.17) is 4.74 Å². The van der Waals surface area contributed by atoms with Crippen LogP contribution in [0.3, 0.4) is 0 Å². The van der Waals surface area contributed by atoms with Crippen LogP contribution in [0.15, 0.2) is 85.5 Å². The molecule has 1 fully saturated rings. The summed E-state index contributed by atoms with van der Waals surface area (Å²) in [6.45, 7) is 4.69. The predicted octanol–water partition coefficient (Wildman–Crippen LogP) is 4.10. The summed E-state index contributed by atoms with van der Waals surface area (Å²) in [6.07, 6.45) is 7.23. The lowest BCUT2D eigenvalue weighted by molar-refractivity contribution is -0.140. The fourth-order valence-corrected chi connectivity index (χ4v) is 3.99. The highest BCUT2D eigenvalue weighted by atomic mass is 19.1. The van der Waals surface area contributed by atoms with Crippen molar-refractivity contribution >= 4 is 17.4 Å². The number of ether oxygens (including phenoxy) is 1. The van der Waals surface area contributed by atoms with Crippen molar-refractivity contribution in [3.05, 3.63) is 102 Å². The molecule has 0 radical (unpaired) electrons. The Hall–Kier alpha value is -4.20. The van der Waals surface area contributed by atoms with Crippen LogP contribution in [0.2, 0.25) is 0 Å². The lowest BCUT2D eigenvalue weighted by Gasteiger charge is -2.25. The Bertz CT molecular complexity index is 1220. The molecule has 0 aliphatic carbocycles. The molecule has 0 unspecified atom stereocenters. The van der Waals surface area contributed by atoms with Gasteiger partial charge in [0.25, 0.3) is 11.7 Å². The van der Waals surface area contributed by atoms with Gasteiger partial charge in [-0.2, -0.15) is 0 Å². The first-order valence-corrected chi connectivity index (χ1v) is 10.8. The van der Waals surface area contributed by atoms with E-state index in [1.54, 1.807) is 55.1 Å². The first kappa shape index (κ1) is 23.0. The maximum atomic E-state index is 14.8. The summed E-state index contributed by atoms with van der Waals surface area (Å²) < 4.78 is 22.1. The van der Waals surface area contributed by atoms with Crippen molar-refractivity contribution in [2.45, 2.75) is 19.0 Å². The molecule has 4 rings (SSSR count). The van der Waals surface area contributed by atoms with E-state index in [1.807, 2.05) is 4.57 Å². The summed E-state index contributed by atoms with van der Waals surface area (Å²) in [6, 6.07) is 11.4. The third kappa shape index (κ3) is 4.61. The van der Waals surface area contributed by atoms with Crippen LogP contribution in [0, 0.1) is 5.82 Å². The molecule has 1 aliphatic heterocycles. The number of carbonyl (C=O) groups is 2. The highest BCUT2D eigenvalue weighted by Crippen LogP contribution is 2.40. The minimum Gasteiger partial charge on any atom is -0.507 e. The van der Waals surface area contributed by atoms with Gasteiger partial charge in [-0.25, -0.2) is 9.37 Å². The molecule has 7 nitrogen and oxygen atoms in total. The maximum Gasteiger partial charge on any atom is 0.295 e. The van der Waals surface area contributed by atoms with E-state index >= 15 is 0 Å². The summed E-state index contributed by atoms with van der Waals surface area (Å²) in [5, 5.41) is 11.1. The highest BCUT2D eigenvalue weighted by Gasteiger charge is 2.46. The first-order valence-electron chi connectivity index (χ1n) is 10.8. The van der Waals surface area contributed by atoms with Crippen molar-refractivity contribution in [2.75, 3.05) is 13.2 Å². The van der Waals surface area contributed by atoms with Gasteiger partial charge in [-0.3, -0.25) is 9.59 Å². The number of aromatic nitrogens is 2. The summed E-state index contributed by atoms with van der Waals surface area (Å²) in [5.41, 5.74) is 0.331. The van der Waals surface area contributed by atoms with E-state index in [2.05, 4.69) is 11.6 Å². The lowest BCUT2D eigenvalue weighted by atomic mass is 9.95. The van der Waals surface area contributed by atoms with Crippen LogP contribution in [-0.4, -0.2) is 44.4 Å². The third-order valence-electron chi connectivity index (χ3n) is 5.61. The van der Waals surface area contributed by atoms with E-state index in [9.17, 15) is 19.1 Å². The molecule has 2 heterocycles. The second-order valence-corrected chi connectivity index (χ2v) is 7.79. The van der Waals surface area contributed by atoms with Crippen LogP contribution in [-0.2, 0) is 16.1 Å². The second-order valence-electron chi connectivity index (χ2n) is 7.79. The number of likely N-dealkylation sites (tertiary alicyclic amines) is 1. The van der Waals surface area contributed by atoms with Gasteiger partial charge in [0, 0.05) is 36.6 Å². The summed E-state index contributed by atoms with van der Waals surface area (Å²) >= 11 is 0. The number of hydrogen-bond donors (Lipinski definition) is 1. The van der Waals surface area contributed by atoms with Gasteiger partial charge in [-0.1, -0.05) is 30.9 Å². The molecule has 2 aromatic carbocycles. The van der Waals surface area contributed by atoms with Crippen molar-refractivity contribution in [3.63, 3.8) is 0 Å². The molecule has 0 bridgehead atoms. The molecule has 1 saturated heterocycles. The number of Topliss-reactive ketones (excluding diaryl/α,β-unsaturated/α-hetero) is 1. The Morgan fingerprint density at radius 2 is 1.91 bits per heavy atom. The van der Waals surface area contributed by atoms with Gasteiger partial charge < -0.3 is 19.3 Å². The van der Waals surface area contributed by atoms with Crippen molar-refractivity contribution in [1.82, 2.24) is 14.5 Å². The summed E-state index contributed by atoms with van der Waals surface area (Å²) in [5.74, 6) is -1.99. The molecule has 0 saturated carbocycles. The van der Waals surface area contributed by atoms with Gasteiger partial charge >= 0.3 is 0 Å². The van der Waals surface area contributed by atoms with Crippen LogP contribution < -0.4 is 4.74 Å². The molecular formula is C26H24FN3O4. The van der Waals surface area contributed by atoms with Gasteiger partial charge in [0.05, 0.1) is 17.9 Å². The van der Waals surface area contributed by atoms with Gasteiger partial charge in [-0.05, 0) is 36.8 Å². The number of carbonyl (C=O) groups excluding carboxylic acids is 2. The Labute approximate surface area is 196 Å². The van der Waals surface area contributed by atoms with Crippen LogP contribution in [0.4, 0.5) is 4.39 Å². The molecular weight excluding hydrogens is 437 g/mol. The normalized spacial score (nSPS) is 17.2. The zero-order valence-electron chi connectivity index (χ0n) is 18.4. The summed E-state index contributed by atoms with van der Waals surface area (Å²) in [4.78, 5) is 31.3. The smallest absolute Gasteiger partial charge is 0.295 e. The molecule has 3 aromatic rings. The fourth-order valence-electron chi connectivity index (χ4n) is 3.99. The number of aliphatic hydroxyl groups is 1. The number of aryl methyl sites for hydroxylation is 1. The zero-order chi connectivity index (χ0) is 24.1. The number of halogens is 1. The standard InChI is InChI=1S/C26H24FN3O4/c1-2-16-34-19-10-8-18(9-11-19)24(31)22-23(20-6-3-4-7-21(20)27)30(26(33)25(22)32)14-5-13-29-15-12-28-17-29/h2-4,6-12,15,17,23,31H,1,5,13-14,16H2/b24-22+/t23-/m1/s1. The van der Waals surface area contributed by atoms with Crippen LogP contribution in [0.1, 0.15) is 23.6 Å². The number of amides is 1. The molecule has 1 amide bonds. The molecule has 1 N–H and O–H groups in total.